The molecule has 76 valence electrons. The standard InChI is InChI=1S/C10H18ClNO/c1-2-10(5-3-4-6-10)9(13)12-8-7-11/h2-8H2,1H3,(H,12,13). The topological polar surface area (TPSA) is 29.1 Å². The molecule has 1 fully saturated rings. The van der Waals surface area contributed by atoms with Crippen LogP contribution in [0.5, 0.6) is 0 Å². The predicted octanol–water partition coefficient (Wildman–Crippen LogP) is 2.31. The summed E-state index contributed by atoms with van der Waals surface area (Å²) < 4.78 is 0. The molecule has 0 spiro atoms. The highest BCUT2D eigenvalue weighted by molar-refractivity contribution is 6.18. The van der Waals surface area contributed by atoms with Crippen LogP contribution in [0, 0.1) is 5.41 Å². The highest BCUT2D eigenvalue weighted by Gasteiger charge is 2.38. The lowest BCUT2D eigenvalue weighted by Crippen LogP contribution is -2.39. The van der Waals surface area contributed by atoms with Crippen molar-refractivity contribution in [1.29, 1.82) is 0 Å². The van der Waals surface area contributed by atoms with Gasteiger partial charge in [-0.3, -0.25) is 4.79 Å². The quantitative estimate of drug-likeness (QED) is 0.699. The lowest BCUT2D eigenvalue weighted by molar-refractivity contribution is -0.130. The molecule has 0 unspecified atom stereocenters. The molecule has 1 N–H and O–H groups in total. The van der Waals surface area contributed by atoms with Crippen LogP contribution in [0.4, 0.5) is 0 Å². The van der Waals surface area contributed by atoms with Crippen molar-refractivity contribution in [1.82, 2.24) is 5.32 Å². The van der Waals surface area contributed by atoms with E-state index in [4.69, 9.17) is 11.6 Å². The molecule has 3 heteroatoms. The zero-order valence-electron chi connectivity index (χ0n) is 8.24. The van der Waals surface area contributed by atoms with E-state index >= 15 is 0 Å². The minimum atomic E-state index is -0.0634. The molecule has 1 saturated carbocycles. The van der Waals surface area contributed by atoms with E-state index < -0.39 is 0 Å². The zero-order valence-corrected chi connectivity index (χ0v) is 8.99. The summed E-state index contributed by atoms with van der Waals surface area (Å²) in [5, 5.41) is 2.90. The summed E-state index contributed by atoms with van der Waals surface area (Å²) in [6, 6.07) is 0. The highest BCUT2D eigenvalue weighted by atomic mass is 35.5. The van der Waals surface area contributed by atoms with E-state index in [1.54, 1.807) is 0 Å². The third kappa shape index (κ3) is 2.37. The molecular formula is C10H18ClNO. The fourth-order valence-electron chi connectivity index (χ4n) is 2.14. The van der Waals surface area contributed by atoms with Gasteiger partial charge >= 0.3 is 0 Å². The van der Waals surface area contributed by atoms with Gasteiger partial charge in [-0.1, -0.05) is 19.8 Å². The third-order valence-corrected chi connectivity index (χ3v) is 3.29. The number of nitrogens with one attached hydrogen (secondary N) is 1. The van der Waals surface area contributed by atoms with Crippen molar-refractivity contribution in [3.63, 3.8) is 0 Å². The van der Waals surface area contributed by atoms with E-state index in [-0.39, 0.29) is 11.3 Å². The maximum Gasteiger partial charge on any atom is 0.226 e. The van der Waals surface area contributed by atoms with Gasteiger partial charge in [-0.2, -0.15) is 0 Å². The van der Waals surface area contributed by atoms with Crippen molar-refractivity contribution in [2.45, 2.75) is 39.0 Å². The molecule has 0 aliphatic heterocycles. The first-order valence-corrected chi connectivity index (χ1v) is 5.63. The Labute approximate surface area is 85.0 Å². The van der Waals surface area contributed by atoms with Gasteiger partial charge in [-0.15, -0.1) is 11.6 Å². The second-order valence-electron chi connectivity index (χ2n) is 3.79. The molecule has 0 aromatic rings. The summed E-state index contributed by atoms with van der Waals surface area (Å²) in [4.78, 5) is 11.8. The SMILES string of the molecule is CCC1(C(=O)NCCCl)CCCC1. The monoisotopic (exact) mass is 203 g/mol. The number of amides is 1. The van der Waals surface area contributed by atoms with Crippen molar-refractivity contribution in [3.05, 3.63) is 0 Å². The zero-order chi connectivity index (χ0) is 9.73. The average molecular weight is 204 g/mol. The van der Waals surface area contributed by atoms with Gasteiger partial charge < -0.3 is 5.32 Å². The van der Waals surface area contributed by atoms with Crippen molar-refractivity contribution in [2.24, 2.45) is 5.41 Å². The molecule has 0 bridgehead atoms. The van der Waals surface area contributed by atoms with Gasteiger partial charge in [0.15, 0.2) is 0 Å². The van der Waals surface area contributed by atoms with E-state index in [9.17, 15) is 4.79 Å². The first-order chi connectivity index (χ1) is 6.25. The van der Waals surface area contributed by atoms with Crippen LogP contribution in [0.15, 0.2) is 0 Å². The Morgan fingerprint density at radius 3 is 2.54 bits per heavy atom. The van der Waals surface area contributed by atoms with Gasteiger partial charge in [-0.05, 0) is 19.3 Å². The number of rotatable bonds is 4. The smallest absolute Gasteiger partial charge is 0.226 e. The van der Waals surface area contributed by atoms with E-state index in [0.29, 0.717) is 12.4 Å². The molecule has 0 atom stereocenters. The summed E-state index contributed by atoms with van der Waals surface area (Å²) in [5.41, 5.74) is -0.0634. The number of hydrogen-bond donors (Lipinski definition) is 1. The Morgan fingerprint density at radius 2 is 2.08 bits per heavy atom. The van der Waals surface area contributed by atoms with Gasteiger partial charge in [0.05, 0.1) is 0 Å². The molecule has 0 aromatic heterocycles. The van der Waals surface area contributed by atoms with Crippen molar-refractivity contribution >= 4 is 17.5 Å². The normalized spacial score (nSPS) is 20.2. The number of carbonyl (C=O) groups excluding carboxylic acids is 1. The molecule has 13 heavy (non-hydrogen) atoms. The van der Waals surface area contributed by atoms with Crippen LogP contribution in [-0.2, 0) is 4.79 Å². The van der Waals surface area contributed by atoms with Gasteiger partial charge in [0.25, 0.3) is 0 Å². The molecule has 1 amide bonds. The molecule has 0 saturated heterocycles. The Bertz CT molecular complexity index is 176. The summed E-state index contributed by atoms with van der Waals surface area (Å²) in [6.07, 6.45) is 5.46. The number of alkyl halides is 1. The summed E-state index contributed by atoms with van der Waals surface area (Å²) in [7, 11) is 0. The second-order valence-corrected chi connectivity index (χ2v) is 4.16. The van der Waals surface area contributed by atoms with E-state index in [1.165, 1.54) is 12.8 Å². The molecule has 1 aliphatic rings. The molecule has 0 heterocycles. The fourth-order valence-corrected chi connectivity index (χ4v) is 2.24. The Hall–Kier alpha value is -0.240. The average Bonchev–Trinajstić information content (AvgIpc) is 2.63. The molecule has 2 nitrogen and oxygen atoms in total. The van der Waals surface area contributed by atoms with Crippen molar-refractivity contribution in [2.75, 3.05) is 12.4 Å². The van der Waals surface area contributed by atoms with Crippen LogP contribution in [-0.4, -0.2) is 18.3 Å². The predicted molar refractivity (Wildman–Crippen MR) is 54.9 cm³/mol. The Balaban J connectivity index is 2.49. The maximum absolute atomic E-state index is 11.8. The second kappa shape index (κ2) is 4.85. The summed E-state index contributed by atoms with van der Waals surface area (Å²) >= 11 is 5.53. The molecular weight excluding hydrogens is 186 g/mol. The van der Waals surface area contributed by atoms with Crippen LogP contribution >= 0.6 is 11.6 Å². The number of carbonyl (C=O) groups is 1. The lowest BCUT2D eigenvalue weighted by atomic mass is 9.82. The lowest BCUT2D eigenvalue weighted by Gasteiger charge is -2.25. The molecule has 1 rings (SSSR count). The van der Waals surface area contributed by atoms with E-state index in [1.807, 2.05) is 0 Å². The summed E-state index contributed by atoms with van der Waals surface area (Å²) in [6.45, 7) is 2.70. The number of hydrogen-bond acceptors (Lipinski definition) is 1. The van der Waals surface area contributed by atoms with Crippen LogP contribution in [0.1, 0.15) is 39.0 Å². The molecule has 1 aliphatic carbocycles. The van der Waals surface area contributed by atoms with Gasteiger partial charge in [0, 0.05) is 17.8 Å². The van der Waals surface area contributed by atoms with Gasteiger partial charge in [-0.25, -0.2) is 0 Å². The Kier molecular flexibility index (Phi) is 4.04. The van der Waals surface area contributed by atoms with Crippen LogP contribution in [0.3, 0.4) is 0 Å². The first-order valence-electron chi connectivity index (χ1n) is 5.09. The van der Waals surface area contributed by atoms with Crippen LogP contribution in [0.25, 0.3) is 0 Å². The maximum atomic E-state index is 11.8. The minimum absolute atomic E-state index is 0.0634. The number of halogens is 1. The highest BCUT2D eigenvalue weighted by Crippen LogP contribution is 2.40. The van der Waals surface area contributed by atoms with Gasteiger partial charge in [0.1, 0.15) is 0 Å². The van der Waals surface area contributed by atoms with Gasteiger partial charge in [0.2, 0.25) is 5.91 Å². The van der Waals surface area contributed by atoms with E-state index in [2.05, 4.69) is 12.2 Å². The van der Waals surface area contributed by atoms with E-state index in [0.717, 1.165) is 19.3 Å². The fraction of sp³-hybridized carbons (Fsp3) is 0.900. The molecule has 0 aromatic carbocycles. The Morgan fingerprint density at radius 1 is 1.46 bits per heavy atom. The van der Waals surface area contributed by atoms with Crippen molar-refractivity contribution in [3.8, 4) is 0 Å². The molecule has 0 radical (unpaired) electrons. The van der Waals surface area contributed by atoms with Crippen molar-refractivity contribution < 1.29 is 4.79 Å². The minimum Gasteiger partial charge on any atom is -0.354 e. The largest absolute Gasteiger partial charge is 0.354 e. The van der Waals surface area contributed by atoms with Crippen LogP contribution < -0.4 is 5.32 Å². The first kappa shape index (κ1) is 10.8. The van der Waals surface area contributed by atoms with Crippen LogP contribution in [0.2, 0.25) is 0 Å². The third-order valence-electron chi connectivity index (χ3n) is 3.10. The summed E-state index contributed by atoms with van der Waals surface area (Å²) in [5.74, 6) is 0.721.